The van der Waals surface area contributed by atoms with E-state index in [1.54, 1.807) is 0 Å². The SMILES string of the molecule is C[C@@H](CN[C@H]1CN2CCC1CC2)c1ccc(C(C)(C)C)cc1. The van der Waals surface area contributed by atoms with Gasteiger partial charge in [-0.2, -0.15) is 0 Å². The molecule has 3 aliphatic heterocycles. The zero-order valence-electron chi connectivity index (χ0n) is 14.7. The average Bonchev–Trinajstić information content (AvgIpc) is 2.53. The molecule has 3 heterocycles. The van der Waals surface area contributed by atoms with Crippen molar-refractivity contribution in [2.45, 2.75) is 57.9 Å². The van der Waals surface area contributed by atoms with Crippen molar-refractivity contribution in [3.63, 3.8) is 0 Å². The molecular weight excluding hydrogens is 268 g/mol. The third-order valence-corrected chi connectivity index (χ3v) is 5.69. The van der Waals surface area contributed by atoms with Crippen molar-refractivity contribution < 1.29 is 0 Å². The van der Waals surface area contributed by atoms with Crippen molar-refractivity contribution in [2.75, 3.05) is 26.2 Å². The Morgan fingerprint density at radius 1 is 1.14 bits per heavy atom. The summed E-state index contributed by atoms with van der Waals surface area (Å²) < 4.78 is 0. The summed E-state index contributed by atoms with van der Waals surface area (Å²) >= 11 is 0. The van der Waals surface area contributed by atoms with Gasteiger partial charge in [-0.15, -0.1) is 0 Å². The fraction of sp³-hybridized carbons (Fsp3) is 0.700. The van der Waals surface area contributed by atoms with Crippen molar-refractivity contribution in [1.29, 1.82) is 0 Å². The van der Waals surface area contributed by atoms with Gasteiger partial charge in [-0.05, 0) is 54.3 Å². The predicted octanol–water partition coefficient (Wildman–Crippen LogP) is 3.77. The summed E-state index contributed by atoms with van der Waals surface area (Å²) in [5.41, 5.74) is 3.13. The number of piperidine rings is 3. The van der Waals surface area contributed by atoms with Crippen LogP contribution in [0.2, 0.25) is 0 Å². The highest BCUT2D eigenvalue weighted by atomic mass is 15.2. The van der Waals surface area contributed by atoms with E-state index >= 15 is 0 Å². The van der Waals surface area contributed by atoms with Crippen LogP contribution in [-0.4, -0.2) is 37.1 Å². The summed E-state index contributed by atoms with van der Waals surface area (Å²) in [5.74, 6) is 1.50. The van der Waals surface area contributed by atoms with E-state index in [0.29, 0.717) is 5.92 Å². The molecule has 3 saturated heterocycles. The van der Waals surface area contributed by atoms with E-state index in [1.165, 1.54) is 43.6 Å². The molecule has 1 aromatic rings. The molecule has 0 radical (unpaired) electrons. The van der Waals surface area contributed by atoms with E-state index in [9.17, 15) is 0 Å². The second kappa shape index (κ2) is 6.33. The van der Waals surface area contributed by atoms with Crippen molar-refractivity contribution in [1.82, 2.24) is 10.2 Å². The Labute approximate surface area is 136 Å². The first-order chi connectivity index (χ1) is 10.4. The van der Waals surface area contributed by atoms with Crippen LogP contribution in [0.5, 0.6) is 0 Å². The highest BCUT2D eigenvalue weighted by Gasteiger charge is 2.33. The van der Waals surface area contributed by atoms with Crippen LogP contribution in [0, 0.1) is 5.92 Å². The number of fused-ring (bicyclic) bond motifs is 3. The fourth-order valence-corrected chi connectivity index (χ4v) is 3.95. The molecule has 1 N–H and O–H groups in total. The number of nitrogens with one attached hydrogen (secondary N) is 1. The number of benzene rings is 1. The lowest BCUT2D eigenvalue weighted by molar-refractivity contribution is 0.0723. The predicted molar refractivity (Wildman–Crippen MR) is 94.5 cm³/mol. The lowest BCUT2D eigenvalue weighted by Crippen LogP contribution is -2.56. The van der Waals surface area contributed by atoms with E-state index in [4.69, 9.17) is 0 Å². The van der Waals surface area contributed by atoms with Gasteiger partial charge in [0.15, 0.2) is 0 Å². The van der Waals surface area contributed by atoms with Crippen LogP contribution >= 0.6 is 0 Å². The smallest absolute Gasteiger partial charge is 0.0224 e. The van der Waals surface area contributed by atoms with Crippen LogP contribution in [-0.2, 0) is 5.41 Å². The van der Waals surface area contributed by atoms with Gasteiger partial charge in [0, 0.05) is 19.1 Å². The largest absolute Gasteiger partial charge is 0.312 e. The second-order valence-corrected chi connectivity index (χ2v) is 8.43. The zero-order chi connectivity index (χ0) is 15.7. The first-order valence-corrected chi connectivity index (χ1v) is 8.99. The summed E-state index contributed by atoms with van der Waals surface area (Å²) in [6.07, 6.45) is 2.79. The first-order valence-electron chi connectivity index (χ1n) is 8.99. The lowest BCUT2D eigenvalue weighted by Gasteiger charge is -2.45. The summed E-state index contributed by atoms with van der Waals surface area (Å²) in [4.78, 5) is 2.63. The van der Waals surface area contributed by atoms with Crippen molar-refractivity contribution in [2.24, 2.45) is 5.92 Å². The molecule has 22 heavy (non-hydrogen) atoms. The van der Waals surface area contributed by atoms with E-state index in [1.807, 2.05) is 0 Å². The third-order valence-electron chi connectivity index (χ3n) is 5.69. The van der Waals surface area contributed by atoms with Gasteiger partial charge in [-0.1, -0.05) is 52.0 Å². The molecular formula is C20H32N2. The molecule has 122 valence electrons. The fourth-order valence-electron chi connectivity index (χ4n) is 3.95. The second-order valence-electron chi connectivity index (χ2n) is 8.43. The Hall–Kier alpha value is -0.860. The van der Waals surface area contributed by atoms with Gasteiger partial charge in [0.25, 0.3) is 0 Å². The van der Waals surface area contributed by atoms with Crippen molar-refractivity contribution >= 4 is 0 Å². The van der Waals surface area contributed by atoms with Crippen molar-refractivity contribution in [3.05, 3.63) is 35.4 Å². The van der Waals surface area contributed by atoms with E-state index in [2.05, 4.69) is 62.2 Å². The van der Waals surface area contributed by atoms with Gasteiger partial charge < -0.3 is 10.2 Å². The van der Waals surface area contributed by atoms with E-state index in [0.717, 1.165) is 18.5 Å². The normalized spacial score (nSPS) is 29.5. The summed E-state index contributed by atoms with van der Waals surface area (Å²) in [7, 11) is 0. The number of nitrogens with zero attached hydrogens (tertiary/aromatic N) is 1. The van der Waals surface area contributed by atoms with E-state index in [-0.39, 0.29) is 5.41 Å². The molecule has 0 saturated carbocycles. The Bertz CT molecular complexity index is 477. The summed E-state index contributed by atoms with van der Waals surface area (Å²) in [6, 6.07) is 9.98. The lowest BCUT2D eigenvalue weighted by atomic mass is 9.83. The molecule has 2 heteroatoms. The van der Waals surface area contributed by atoms with Gasteiger partial charge >= 0.3 is 0 Å². The topological polar surface area (TPSA) is 15.3 Å². The molecule has 3 aliphatic rings. The minimum absolute atomic E-state index is 0.246. The third kappa shape index (κ3) is 3.55. The molecule has 0 amide bonds. The molecule has 2 nitrogen and oxygen atoms in total. The molecule has 4 rings (SSSR count). The van der Waals surface area contributed by atoms with Crippen LogP contribution in [0.15, 0.2) is 24.3 Å². The Kier molecular flexibility index (Phi) is 4.61. The first kappa shape index (κ1) is 16.0. The maximum Gasteiger partial charge on any atom is 0.0224 e. The number of hydrogen-bond donors (Lipinski definition) is 1. The molecule has 0 aromatic heterocycles. The van der Waals surface area contributed by atoms with Gasteiger partial charge in [0.1, 0.15) is 0 Å². The molecule has 2 atom stereocenters. The van der Waals surface area contributed by atoms with Crippen LogP contribution in [0.4, 0.5) is 0 Å². The quantitative estimate of drug-likeness (QED) is 0.910. The standard InChI is InChI=1S/C20H32N2/c1-15(16-5-7-18(8-6-16)20(2,3)4)13-21-19-14-22-11-9-17(19)10-12-22/h5-8,15,17,19,21H,9-14H2,1-4H3/t15-,19-/m0/s1. The average molecular weight is 300 g/mol. The molecule has 0 spiro atoms. The van der Waals surface area contributed by atoms with Crippen LogP contribution in [0.25, 0.3) is 0 Å². The van der Waals surface area contributed by atoms with Gasteiger partial charge in [-0.25, -0.2) is 0 Å². The maximum absolute atomic E-state index is 3.85. The summed E-state index contributed by atoms with van der Waals surface area (Å²) in [6.45, 7) is 14.2. The number of rotatable bonds is 4. The summed E-state index contributed by atoms with van der Waals surface area (Å²) in [5, 5.41) is 3.85. The van der Waals surface area contributed by atoms with Crippen molar-refractivity contribution in [3.8, 4) is 0 Å². The molecule has 0 aliphatic carbocycles. The molecule has 1 aromatic carbocycles. The molecule has 3 fully saturated rings. The highest BCUT2D eigenvalue weighted by molar-refractivity contribution is 5.29. The maximum atomic E-state index is 3.85. The zero-order valence-corrected chi connectivity index (χ0v) is 14.7. The van der Waals surface area contributed by atoms with E-state index < -0.39 is 0 Å². The van der Waals surface area contributed by atoms with Gasteiger partial charge in [0.05, 0.1) is 0 Å². The number of hydrogen-bond acceptors (Lipinski definition) is 2. The molecule has 0 unspecified atom stereocenters. The monoisotopic (exact) mass is 300 g/mol. The molecule has 2 bridgehead atoms. The minimum atomic E-state index is 0.246. The van der Waals surface area contributed by atoms with Crippen LogP contribution in [0.1, 0.15) is 57.6 Å². The van der Waals surface area contributed by atoms with Crippen LogP contribution in [0.3, 0.4) is 0 Å². The van der Waals surface area contributed by atoms with Crippen LogP contribution < -0.4 is 5.32 Å². The highest BCUT2D eigenvalue weighted by Crippen LogP contribution is 2.28. The van der Waals surface area contributed by atoms with Gasteiger partial charge in [0.2, 0.25) is 0 Å². The minimum Gasteiger partial charge on any atom is -0.312 e. The Balaban J connectivity index is 1.54. The van der Waals surface area contributed by atoms with Gasteiger partial charge in [-0.3, -0.25) is 0 Å². The Morgan fingerprint density at radius 3 is 2.27 bits per heavy atom. The Morgan fingerprint density at radius 2 is 1.77 bits per heavy atom.